The Labute approximate surface area is 103 Å². The number of anilines is 1. The van der Waals surface area contributed by atoms with Crippen molar-refractivity contribution in [3.8, 4) is 6.07 Å². The van der Waals surface area contributed by atoms with Gasteiger partial charge >= 0.3 is 0 Å². The fraction of sp³-hybridized carbons (Fsp3) is 0.615. The zero-order valence-electron chi connectivity index (χ0n) is 10.7. The van der Waals surface area contributed by atoms with Crippen molar-refractivity contribution < 1.29 is 0 Å². The van der Waals surface area contributed by atoms with Crippen LogP contribution in [0.2, 0.25) is 0 Å². The summed E-state index contributed by atoms with van der Waals surface area (Å²) in [4.78, 5) is 10.3. The average Bonchev–Trinajstić information content (AvgIpc) is 2.39. The Balaban J connectivity index is 2.83. The largest absolute Gasteiger partial charge is 0.355 e. The number of hydrogen-bond acceptors (Lipinski definition) is 4. The van der Waals surface area contributed by atoms with E-state index in [0.717, 1.165) is 44.6 Å². The molecule has 0 aliphatic rings. The van der Waals surface area contributed by atoms with Crippen LogP contribution in [0.25, 0.3) is 0 Å². The Hall–Kier alpha value is -1.63. The predicted molar refractivity (Wildman–Crippen MR) is 68.8 cm³/mol. The molecule has 1 heterocycles. The molecule has 1 rings (SSSR count). The predicted octanol–water partition coefficient (Wildman–Crippen LogP) is 2.75. The molecule has 0 aromatic carbocycles. The van der Waals surface area contributed by atoms with Crippen molar-refractivity contribution in [1.82, 2.24) is 9.97 Å². The van der Waals surface area contributed by atoms with Crippen molar-refractivity contribution in [2.45, 2.75) is 39.5 Å². The van der Waals surface area contributed by atoms with Crippen LogP contribution in [0.4, 0.5) is 5.82 Å². The van der Waals surface area contributed by atoms with Crippen LogP contribution in [0.1, 0.15) is 45.1 Å². The summed E-state index contributed by atoms with van der Waals surface area (Å²) < 4.78 is 0. The van der Waals surface area contributed by atoms with E-state index in [-0.39, 0.29) is 0 Å². The van der Waals surface area contributed by atoms with Crippen LogP contribution in [0.3, 0.4) is 0 Å². The summed E-state index contributed by atoms with van der Waals surface area (Å²) in [6.45, 7) is 6.26. The molecule has 1 aromatic rings. The van der Waals surface area contributed by atoms with Crippen molar-refractivity contribution in [1.29, 1.82) is 5.26 Å². The summed E-state index contributed by atoms with van der Waals surface area (Å²) >= 11 is 0. The van der Waals surface area contributed by atoms with Gasteiger partial charge in [-0.05, 0) is 12.8 Å². The summed E-state index contributed by atoms with van der Waals surface area (Å²) in [6, 6.07) is 2.16. The Bertz CT molecular complexity index is 362. The van der Waals surface area contributed by atoms with Gasteiger partial charge in [-0.25, -0.2) is 9.97 Å². The molecule has 0 atom stereocenters. The number of hydrogen-bond donors (Lipinski definition) is 0. The number of nitriles is 1. The second-order valence-electron chi connectivity index (χ2n) is 4.07. The lowest BCUT2D eigenvalue weighted by molar-refractivity contribution is 0.669. The number of aromatic nitrogens is 2. The van der Waals surface area contributed by atoms with E-state index in [1.54, 1.807) is 6.20 Å². The van der Waals surface area contributed by atoms with E-state index in [1.807, 2.05) is 0 Å². The van der Waals surface area contributed by atoms with Gasteiger partial charge in [0.1, 0.15) is 23.8 Å². The molecule has 4 heteroatoms. The minimum absolute atomic E-state index is 0.569. The minimum Gasteiger partial charge on any atom is -0.355 e. The van der Waals surface area contributed by atoms with E-state index in [1.165, 1.54) is 6.33 Å². The van der Waals surface area contributed by atoms with E-state index in [4.69, 9.17) is 5.26 Å². The van der Waals surface area contributed by atoms with Crippen molar-refractivity contribution >= 4 is 5.82 Å². The molecule has 0 unspecified atom stereocenters. The molecule has 92 valence electrons. The zero-order valence-corrected chi connectivity index (χ0v) is 10.7. The molecule has 0 aliphatic carbocycles. The van der Waals surface area contributed by atoms with Gasteiger partial charge in [-0.1, -0.05) is 26.7 Å². The first-order valence-electron chi connectivity index (χ1n) is 6.28. The molecule has 0 spiro atoms. The zero-order chi connectivity index (χ0) is 12.5. The smallest absolute Gasteiger partial charge is 0.149 e. The molecular formula is C13H20N4. The first kappa shape index (κ1) is 13.4. The van der Waals surface area contributed by atoms with Gasteiger partial charge in [0.05, 0.1) is 6.20 Å². The first-order chi connectivity index (χ1) is 8.33. The van der Waals surface area contributed by atoms with Crippen molar-refractivity contribution in [3.05, 3.63) is 18.1 Å². The lowest BCUT2D eigenvalue weighted by Gasteiger charge is -2.23. The van der Waals surface area contributed by atoms with Crippen molar-refractivity contribution in [2.24, 2.45) is 0 Å². The Morgan fingerprint density at radius 2 is 1.88 bits per heavy atom. The highest BCUT2D eigenvalue weighted by Crippen LogP contribution is 2.16. The van der Waals surface area contributed by atoms with E-state index in [0.29, 0.717) is 5.56 Å². The van der Waals surface area contributed by atoms with Crippen LogP contribution in [-0.4, -0.2) is 23.1 Å². The van der Waals surface area contributed by atoms with Crippen LogP contribution in [0.5, 0.6) is 0 Å². The van der Waals surface area contributed by atoms with Gasteiger partial charge in [-0.15, -0.1) is 0 Å². The van der Waals surface area contributed by atoms with Crippen LogP contribution in [-0.2, 0) is 0 Å². The summed E-state index contributed by atoms with van der Waals surface area (Å²) in [6.07, 6.45) is 7.65. The van der Waals surface area contributed by atoms with Gasteiger partial charge < -0.3 is 4.90 Å². The Morgan fingerprint density at radius 3 is 2.41 bits per heavy atom. The van der Waals surface area contributed by atoms with Gasteiger partial charge in [-0.2, -0.15) is 5.26 Å². The fourth-order valence-corrected chi connectivity index (χ4v) is 1.68. The first-order valence-corrected chi connectivity index (χ1v) is 6.28. The molecule has 0 bridgehead atoms. The van der Waals surface area contributed by atoms with E-state index < -0.39 is 0 Å². The van der Waals surface area contributed by atoms with E-state index >= 15 is 0 Å². The Kier molecular flexibility index (Phi) is 6.02. The highest BCUT2D eigenvalue weighted by atomic mass is 15.2. The van der Waals surface area contributed by atoms with Crippen LogP contribution < -0.4 is 4.90 Å². The molecule has 0 fully saturated rings. The molecular weight excluding hydrogens is 212 g/mol. The molecule has 17 heavy (non-hydrogen) atoms. The molecule has 0 N–H and O–H groups in total. The lowest BCUT2D eigenvalue weighted by Crippen LogP contribution is -2.27. The minimum atomic E-state index is 0.569. The molecule has 1 aromatic heterocycles. The van der Waals surface area contributed by atoms with Crippen molar-refractivity contribution in [3.63, 3.8) is 0 Å². The van der Waals surface area contributed by atoms with E-state index in [2.05, 4.69) is 34.8 Å². The maximum atomic E-state index is 9.06. The quantitative estimate of drug-likeness (QED) is 0.725. The molecule has 0 amide bonds. The fourth-order valence-electron chi connectivity index (χ4n) is 1.68. The van der Waals surface area contributed by atoms with Crippen LogP contribution in [0, 0.1) is 11.3 Å². The summed E-state index contributed by atoms with van der Waals surface area (Å²) in [7, 11) is 0. The third-order valence-electron chi connectivity index (χ3n) is 2.67. The number of nitrogens with zero attached hydrogens (tertiary/aromatic N) is 4. The second kappa shape index (κ2) is 7.61. The summed E-state index contributed by atoms with van der Waals surface area (Å²) in [5.74, 6) is 0.782. The van der Waals surface area contributed by atoms with Crippen LogP contribution >= 0.6 is 0 Å². The second-order valence-corrected chi connectivity index (χ2v) is 4.07. The molecule has 0 radical (unpaired) electrons. The number of unbranched alkanes of at least 4 members (excludes halogenated alkanes) is 2. The average molecular weight is 232 g/mol. The van der Waals surface area contributed by atoms with Gasteiger partial charge in [0.15, 0.2) is 0 Å². The maximum Gasteiger partial charge on any atom is 0.149 e. The summed E-state index contributed by atoms with van der Waals surface area (Å²) in [5, 5.41) is 9.06. The van der Waals surface area contributed by atoms with Gasteiger partial charge in [-0.3, -0.25) is 0 Å². The van der Waals surface area contributed by atoms with Gasteiger partial charge in [0.25, 0.3) is 0 Å². The maximum absolute atomic E-state index is 9.06. The standard InChI is InChI=1S/C13H20N4/c1-3-5-7-17(8-6-4-2)13-12(9-14)10-15-11-16-13/h10-11H,3-8H2,1-2H3. The molecule has 0 saturated carbocycles. The normalized spacial score (nSPS) is 9.94. The monoisotopic (exact) mass is 232 g/mol. The lowest BCUT2D eigenvalue weighted by atomic mass is 10.2. The summed E-state index contributed by atoms with van der Waals surface area (Å²) in [5.41, 5.74) is 0.569. The van der Waals surface area contributed by atoms with Crippen LogP contribution in [0.15, 0.2) is 12.5 Å². The van der Waals surface area contributed by atoms with Gasteiger partial charge in [0.2, 0.25) is 0 Å². The van der Waals surface area contributed by atoms with Gasteiger partial charge in [0, 0.05) is 13.1 Å². The van der Waals surface area contributed by atoms with E-state index in [9.17, 15) is 0 Å². The third kappa shape index (κ3) is 4.03. The SMILES string of the molecule is CCCCN(CCCC)c1ncncc1C#N. The topological polar surface area (TPSA) is 52.8 Å². The Morgan fingerprint density at radius 1 is 1.24 bits per heavy atom. The highest BCUT2D eigenvalue weighted by molar-refractivity contribution is 5.52. The molecule has 4 nitrogen and oxygen atoms in total. The molecule has 0 saturated heterocycles. The molecule has 0 aliphatic heterocycles. The third-order valence-corrected chi connectivity index (χ3v) is 2.67. The highest BCUT2D eigenvalue weighted by Gasteiger charge is 2.11. The van der Waals surface area contributed by atoms with Crippen molar-refractivity contribution in [2.75, 3.05) is 18.0 Å². The number of rotatable bonds is 7.